The molecule has 211 valence electrons. The number of hydrogen-bond donors (Lipinski definition) is 1. The van der Waals surface area contributed by atoms with Crippen LogP contribution in [0.5, 0.6) is 0 Å². The predicted molar refractivity (Wildman–Crippen MR) is 178 cm³/mol. The van der Waals surface area contributed by atoms with Crippen molar-refractivity contribution in [1.82, 2.24) is 3.80 Å². The van der Waals surface area contributed by atoms with E-state index in [1.807, 2.05) is 60.7 Å². The Morgan fingerprint density at radius 1 is 0.690 bits per heavy atom. The summed E-state index contributed by atoms with van der Waals surface area (Å²) in [6, 6.07) is 43.3. The molecule has 1 N–H and O–H groups in total. The summed E-state index contributed by atoms with van der Waals surface area (Å²) in [7, 11) is 16.6. The first-order valence-corrected chi connectivity index (χ1v) is 24.7. The van der Waals surface area contributed by atoms with E-state index in [2.05, 4.69) is 91.3 Å². The van der Waals surface area contributed by atoms with E-state index in [9.17, 15) is 4.79 Å². The molecule has 6 heteroatoms. The maximum absolute atomic E-state index is 14.6. The molecule has 0 aliphatic heterocycles. The summed E-state index contributed by atoms with van der Waals surface area (Å²) in [4.78, 5) is 14.6. The number of hydrogen-bond acceptors (Lipinski definition) is 1. The van der Waals surface area contributed by atoms with Gasteiger partial charge in [0, 0.05) is 0 Å². The van der Waals surface area contributed by atoms with Gasteiger partial charge < -0.3 is 0 Å². The second-order valence-electron chi connectivity index (χ2n) is 12.3. The first-order chi connectivity index (χ1) is 20.1. The van der Waals surface area contributed by atoms with E-state index in [0.29, 0.717) is 5.56 Å². The summed E-state index contributed by atoms with van der Waals surface area (Å²) in [6.45, 7) is 3.87. The molecule has 0 saturated heterocycles. The zero-order chi connectivity index (χ0) is 29.6. The summed E-state index contributed by atoms with van der Waals surface area (Å²) in [5, 5.41) is 2.23. The molecule has 0 unspecified atom stereocenters. The predicted octanol–water partition coefficient (Wildman–Crippen LogP) is 7.06. The van der Waals surface area contributed by atoms with Gasteiger partial charge in [0.05, 0.1) is 0 Å². The molecule has 0 radical (unpaired) electrons. The molecule has 1 amide bonds. The standard InChI is InChI=1S/C13H9.C12H11Si.C11H15NO.2ClH.Ti/c1-3-7-12-10(5-1)9-11-6-2-4-8-13(11)12;1-3-7-11(8-4-1)13-12-9-5-2-6-10-12;1-11(2,3)9-7-5-4-6-8(9)10(12)13;;;/h1-5,7-8H,9H2;1-10,13H;4-7H,1-3H3,(H2,12,13);2*1H;/q;;;;;+3/p-3. The van der Waals surface area contributed by atoms with E-state index >= 15 is 0 Å². The first-order valence-electron chi connectivity index (χ1n) is 14.4. The molecule has 0 atom stereocenters. The van der Waals surface area contributed by atoms with Gasteiger partial charge in [0.25, 0.3) is 0 Å². The van der Waals surface area contributed by atoms with Crippen molar-refractivity contribution in [2.45, 2.75) is 32.6 Å². The molecule has 0 fully saturated rings. The topological polar surface area (TPSA) is 29.1 Å². The van der Waals surface area contributed by atoms with Gasteiger partial charge in [-0.15, -0.1) is 0 Å². The number of carbonyl (C=O) groups is 1. The van der Waals surface area contributed by atoms with Gasteiger partial charge in [-0.05, 0) is 0 Å². The molecule has 1 aliphatic rings. The maximum atomic E-state index is 14.6. The van der Waals surface area contributed by atoms with E-state index in [1.165, 1.54) is 11.1 Å². The van der Waals surface area contributed by atoms with E-state index in [4.69, 9.17) is 18.6 Å². The van der Waals surface area contributed by atoms with Crippen molar-refractivity contribution >= 4 is 45.4 Å². The molecule has 0 bridgehead atoms. The van der Waals surface area contributed by atoms with Gasteiger partial charge in [-0.3, -0.25) is 0 Å². The van der Waals surface area contributed by atoms with Crippen LogP contribution in [0.25, 0.3) is 11.1 Å². The molecule has 0 heterocycles. The zero-order valence-electron chi connectivity index (χ0n) is 24.1. The van der Waals surface area contributed by atoms with Gasteiger partial charge in [-0.2, -0.15) is 0 Å². The third-order valence-corrected chi connectivity index (χ3v) is 32.5. The third kappa shape index (κ3) is 5.12. The fourth-order valence-electron chi connectivity index (χ4n) is 6.56. The Morgan fingerprint density at radius 2 is 1.24 bits per heavy atom. The molecule has 5 aromatic carbocycles. The van der Waals surface area contributed by atoms with Crippen molar-refractivity contribution in [3.63, 3.8) is 0 Å². The minimum atomic E-state index is -5.29. The Bertz CT molecular complexity index is 1740. The van der Waals surface area contributed by atoms with Crippen molar-refractivity contribution in [1.29, 1.82) is 0 Å². The van der Waals surface area contributed by atoms with Crippen LogP contribution in [-0.2, 0) is 24.5 Å². The molecule has 5 aromatic rings. The van der Waals surface area contributed by atoms with Crippen LogP contribution in [0, 0.1) is 0 Å². The number of benzene rings is 5. The van der Waals surface area contributed by atoms with Crippen molar-refractivity contribution < 1.29 is 17.5 Å². The average molecular weight is 644 g/mol. The number of rotatable bonds is 6. The second-order valence-corrected chi connectivity index (χ2v) is 36.8. The monoisotopic (exact) mass is 642 g/mol. The van der Waals surface area contributed by atoms with Gasteiger partial charge in [-0.25, -0.2) is 0 Å². The van der Waals surface area contributed by atoms with Gasteiger partial charge in [0.1, 0.15) is 0 Å². The second kappa shape index (κ2) is 11.0. The Hall–Kier alpha value is -2.92. The van der Waals surface area contributed by atoms with Gasteiger partial charge in [0.2, 0.25) is 0 Å². The first kappa shape index (κ1) is 29.2. The number of amides is 1. The van der Waals surface area contributed by atoms with Gasteiger partial charge >= 0.3 is 260 Å². The van der Waals surface area contributed by atoms with Crippen LogP contribution < -0.4 is 18.0 Å². The Balaban J connectivity index is 1.63. The van der Waals surface area contributed by atoms with Gasteiger partial charge in [0.15, 0.2) is 0 Å². The van der Waals surface area contributed by atoms with Crippen molar-refractivity contribution in [3.8, 4) is 11.1 Å². The molecule has 6 rings (SSSR count). The SMILES string of the molecule is CC(C)(C)c1ccccc1C(=O)[NH][Ti]([Cl])([Cl])([c]1cccc2c1Cc1ccccc1-2)[SiH](c1ccccc1)c1ccccc1. The van der Waals surface area contributed by atoms with Crippen LogP contribution in [0.15, 0.2) is 127 Å². The number of fused-ring (bicyclic) bond motifs is 3. The molecular weight excluding hydrogens is 609 g/mol. The van der Waals surface area contributed by atoms with E-state index in [1.54, 1.807) is 0 Å². The molecule has 0 aromatic heterocycles. The third-order valence-electron chi connectivity index (χ3n) is 8.44. The van der Waals surface area contributed by atoms with Crippen molar-refractivity contribution in [2.75, 3.05) is 0 Å². The Labute approximate surface area is 258 Å². The fraction of sp³-hybridized carbons (Fsp3) is 0.139. The fourth-order valence-corrected chi connectivity index (χ4v) is 32.2. The van der Waals surface area contributed by atoms with Crippen molar-refractivity contribution in [2.24, 2.45) is 0 Å². The van der Waals surface area contributed by atoms with Crippen LogP contribution in [0.3, 0.4) is 0 Å². The van der Waals surface area contributed by atoms with E-state index in [0.717, 1.165) is 37.4 Å². The van der Waals surface area contributed by atoms with Crippen molar-refractivity contribution in [3.05, 3.63) is 150 Å². The van der Waals surface area contributed by atoms with Crippen LogP contribution in [0.1, 0.15) is 47.8 Å². The molecular formula is C36H34Cl2NOSiTi. The van der Waals surface area contributed by atoms with Crippen LogP contribution in [0.4, 0.5) is 0 Å². The average Bonchev–Trinajstić information content (AvgIpc) is 3.36. The van der Waals surface area contributed by atoms with Crippen LogP contribution in [-0.4, -0.2) is 12.6 Å². The quantitative estimate of drug-likeness (QED) is 0.194. The van der Waals surface area contributed by atoms with E-state index in [-0.39, 0.29) is 11.3 Å². The van der Waals surface area contributed by atoms with Crippen LogP contribution in [0.2, 0.25) is 0 Å². The summed E-state index contributed by atoms with van der Waals surface area (Å²) in [5.41, 5.74) is 6.09. The molecule has 2 nitrogen and oxygen atoms in total. The van der Waals surface area contributed by atoms with E-state index < -0.39 is 19.4 Å². The molecule has 0 spiro atoms. The summed E-state index contributed by atoms with van der Waals surface area (Å²) in [6.07, 6.45) is 0.736. The zero-order valence-corrected chi connectivity index (χ0v) is 28.3. The number of nitrogens with one attached hydrogen (secondary N) is 1. The van der Waals surface area contributed by atoms with Gasteiger partial charge in [-0.1, -0.05) is 0 Å². The number of carbonyl (C=O) groups excluding carboxylic acids is 1. The normalized spacial score (nSPS) is 13.6. The molecule has 1 aliphatic carbocycles. The minimum absolute atomic E-state index is 0.208. The molecule has 0 saturated carbocycles. The summed E-state index contributed by atoms with van der Waals surface area (Å²) >= 11 is -5.29. The molecule has 42 heavy (non-hydrogen) atoms. The summed E-state index contributed by atoms with van der Waals surface area (Å²) in [5.74, 6) is -0.208. The number of halogens is 2. The van der Waals surface area contributed by atoms with Crippen LogP contribution >= 0.6 is 18.6 Å². The Kier molecular flexibility index (Phi) is 7.62. The summed E-state index contributed by atoms with van der Waals surface area (Å²) < 4.78 is 4.44. The Morgan fingerprint density at radius 3 is 1.88 bits per heavy atom.